The molecule has 2 N–H and O–H groups in total. The first-order chi connectivity index (χ1) is 7.95. The van der Waals surface area contributed by atoms with Gasteiger partial charge in [-0.2, -0.15) is 26.3 Å². The highest BCUT2D eigenvalue weighted by atomic mass is 19.4. The van der Waals surface area contributed by atoms with E-state index in [0.717, 1.165) is 0 Å². The summed E-state index contributed by atoms with van der Waals surface area (Å²) >= 11 is 0. The molecule has 0 saturated heterocycles. The molecule has 0 aliphatic heterocycles. The van der Waals surface area contributed by atoms with Crippen LogP contribution in [0.1, 0.15) is 19.8 Å². The molecule has 0 aromatic carbocycles. The monoisotopic (exact) mass is 283 g/mol. The summed E-state index contributed by atoms with van der Waals surface area (Å²) in [7, 11) is 0. The summed E-state index contributed by atoms with van der Waals surface area (Å²) < 4.78 is 76.7. The van der Waals surface area contributed by atoms with Crippen LogP contribution >= 0.6 is 0 Å². The Morgan fingerprint density at radius 3 is 1.94 bits per heavy atom. The van der Waals surface area contributed by atoms with Crippen molar-refractivity contribution in [2.24, 2.45) is 0 Å². The van der Waals surface area contributed by atoms with Gasteiger partial charge in [0.2, 0.25) is 0 Å². The summed E-state index contributed by atoms with van der Waals surface area (Å²) in [6, 6.07) is 0. The lowest BCUT2D eigenvalue weighted by Gasteiger charge is -2.32. The first-order valence-corrected chi connectivity index (χ1v) is 4.76. The minimum Gasteiger partial charge on any atom is -0.449 e. The van der Waals surface area contributed by atoms with Crippen molar-refractivity contribution in [3.05, 3.63) is 0 Å². The maximum Gasteiger partial charge on any atom is 0.446 e. The smallest absolute Gasteiger partial charge is 0.446 e. The van der Waals surface area contributed by atoms with Crippen molar-refractivity contribution in [3.8, 4) is 0 Å². The zero-order valence-corrected chi connectivity index (χ0v) is 9.15. The van der Waals surface area contributed by atoms with E-state index >= 15 is 0 Å². The average molecular weight is 283 g/mol. The number of alkyl halides is 6. The molecule has 0 aromatic rings. The number of unbranched alkanes of at least 4 members (excludes halogenated alkanes) is 1. The summed E-state index contributed by atoms with van der Waals surface area (Å²) in [4.78, 5) is 10.7. The van der Waals surface area contributed by atoms with Crippen molar-refractivity contribution in [2.45, 2.75) is 37.8 Å². The van der Waals surface area contributed by atoms with Crippen LogP contribution in [0.2, 0.25) is 0 Å². The Labute approximate surface area is 97.9 Å². The van der Waals surface area contributed by atoms with E-state index in [-0.39, 0.29) is 13.0 Å². The number of nitrogens with one attached hydrogen (secondary N) is 1. The molecule has 0 radical (unpaired) electrons. The molecule has 0 aliphatic rings. The van der Waals surface area contributed by atoms with Gasteiger partial charge < -0.3 is 9.84 Å². The number of aliphatic hydroxyl groups is 1. The van der Waals surface area contributed by atoms with E-state index in [0.29, 0.717) is 11.7 Å². The van der Waals surface area contributed by atoms with E-state index < -0.39 is 24.2 Å². The van der Waals surface area contributed by atoms with Crippen LogP contribution in [0.3, 0.4) is 0 Å². The first kappa shape index (κ1) is 16.8. The van der Waals surface area contributed by atoms with Gasteiger partial charge >= 0.3 is 24.2 Å². The Bertz CT molecular complexity index is 274. The van der Waals surface area contributed by atoms with Gasteiger partial charge in [0.15, 0.2) is 0 Å². The standard InChI is InChI=1S/C8H11F6NO3/c1-2-3-4-18-5(16)15-6(17,7(9,10)11)8(12,13)14/h17H,2-4H2,1H3,(H,15,16). The zero-order chi connectivity index (χ0) is 14.6. The molecule has 0 unspecified atom stereocenters. The molecule has 4 nitrogen and oxygen atoms in total. The van der Waals surface area contributed by atoms with Gasteiger partial charge in [-0.05, 0) is 6.42 Å². The van der Waals surface area contributed by atoms with E-state index in [4.69, 9.17) is 5.11 Å². The third-order valence-electron chi connectivity index (χ3n) is 1.83. The van der Waals surface area contributed by atoms with Gasteiger partial charge in [0.05, 0.1) is 6.61 Å². The largest absolute Gasteiger partial charge is 0.449 e. The third-order valence-corrected chi connectivity index (χ3v) is 1.83. The van der Waals surface area contributed by atoms with E-state index in [1.807, 2.05) is 0 Å². The predicted molar refractivity (Wildman–Crippen MR) is 46.5 cm³/mol. The normalized spacial score (nSPS) is 13.3. The molecular weight excluding hydrogens is 272 g/mol. The molecule has 0 rings (SSSR count). The van der Waals surface area contributed by atoms with Gasteiger partial charge in [-0.25, -0.2) is 4.79 Å². The predicted octanol–water partition coefficient (Wildman–Crippen LogP) is 2.33. The van der Waals surface area contributed by atoms with Gasteiger partial charge in [0, 0.05) is 0 Å². The number of rotatable bonds is 4. The Morgan fingerprint density at radius 2 is 1.61 bits per heavy atom. The first-order valence-electron chi connectivity index (χ1n) is 4.76. The minimum atomic E-state index is -6.12. The van der Waals surface area contributed by atoms with E-state index in [2.05, 4.69) is 4.74 Å². The van der Waals surface area contributed by atoms with Gasteiger partial charge in [-0.1, -0.05) is 13.3 Å². The molecule has 0 fully saturated rings. The molecule has 1 amide bonds. The quantitative estimate of drug-likeness (QED) is 0.473. The van der Waals surface area contributed by atoms with Crippen LogP contribution in [0.5, 0.6) is 0 Å². The van der Waals surface area contributed by atoms with E-state index in [1.54, 1.807) is 6.92 Å². The SMILES string of the molecule is CCCCOC(=O)NC(O)(C(F)(F)F)C(F)(F)F. The van der Waals surface area contributed by atoms with Crippen LogP contribution < -0.4 is 5.32 Å². The Kier molecular flexibility index (Phi) is 5.26. The van der Waals surface area contributed by atoms with Crippen molar-refractivity contribution in [3.63, 3.8) is 0 Å². The lowest BCUT2D eigenvalue weighted by atomic mass is 10.2. The van der Waals surface area contributed by atoms with Crippen molar-refractivity contribution < 1.29 is 41.0 Å². The Balaban J connectivity index is 4.79. The lowest BCUT2D eigenvalue weighted by molar-refractivity contribution is -0.375. The maximum atomic E-state index is 12.1. The second kappa shape index (κ2) is 5.63. The van der Waals surface area contributed by atoms with Gasteiger partial charge in [-0.3, -0.25) is 5.32 Å². The van der Waals surface area contributed by atoms with Crippen molar-refractivity contribution in [1.29, 1.82) is 0 Å². The molecule has 0 aromatic heterocycles. The van der Waals surface area contributed by atoms with Crippen molar-refractivity contribution in [2.75, 3.05) is 6.61 Å². The summed E-state index contributed by atoms with van der Waals surface area (Å²) in [6.45, 7) is 1.32. The molecule has 0 saturated carbocycles. The number of carbonyl (C=O) groups is 1. The second-order valence-electron chi connectivity index (χ2n) is 3.32. The highest BCUT2D eigenvalue weighted by molar-refractivity contribution is 5.68. The van der Waals surface area contributed by atoms with Crippen LogP contribution in [0.25, 0.3) is 0 Å². The molecule has 0 atom stereocenters. The highest BCUT2D eigenvalue weighted by Crippen LogP contribution is 2.40. The van der Waals surface area contributed by atoms with Gasteiger partial charge in [0.1, 0.15) is 0 Å². The molecule has 0 heterocycles. The number of carbonyl (C=O) groups excluding carboxylic acids is 1. The van der Waals surface area contributed by atoms with Crippen LogP contribution in [0.4, 0.5) is 31.1 Å². The number of amides is 1. The summed E-state index contributed by atoms with van der Waals surface area (Å²) in [5.74, 6) is 0. The summed E-state index contributed by atoms with van der Waals surface area (Å²) in [5, 5.41) is 8.93. The molecule has 0 aliphatic carbocycles. The number of halogens is 6. The second-order valence-corrected chi connectivity index (χ2v) is 3.32. The maximum absolute atomic E-state index is 12.1. The molecule has 0 bridgehead atoms. The number of hydrogen-bond acceptors (Lipinski definition) is 3. The number of ether oxygens (including phenoxy) is 1. The Morgan fingerprint density at radius 1 is 1.17 bits per heavy atom. The van der Waals surface area contributed by atoms with Crippen LogP contribution in [0.15, 0.2) is 0 Å². The lowest BCUT2D eigenvalue weighted by Crippen LogP contribution is -2.67. The summed E-state index contributed by atoms with van der Waals surface area (Å²) in [5.41, 5.74) is -5.33. The average Bonchev–Trinajstić information content (AvgIpc) is 2.14. The fourth-order valence-electron chi connectivity index (χ4n) is 0.795. The fraction of sp³-hybridized carbons (Fsp3) is 0.875. The van der Waals surface area contributed by atoms with Gasteiger partial charge in [0.25, 0.3) is 0 Å². The molecule has 18 heavy (non-hydrogen) atoms. The minimum absolute atomic E-state index is 0.268. The molecule has 0 spiro atoms. The fourth-order valence-corrected chi connectivity index (χ4v) is 0.795. The van der Waals surface area contributed by atoms with E-state index in [9.17, 15) is 31.1 Å². The number of alkyl carbamates (subject to hydrolysis) is 1. The summed E-state index contributed by atoms with van der Waals surface area (Å²) in [6.07, 6.45) is -13.4. The van der Waals surface area contributed by atoms with Crippen molar-refractivity contribution >= 4 is 6.09 Å². The molecular formula is C8H11F6NO3. The zero-order valence-electron chi connectivity index (χ0n) is 9.15. The third kappa shape index (κ3) is 3.93. The molecule has 108 valence electrons. The van der Waals surface area contributed by atoms with Crippen LogP contribution in [0, 0.1) is 0 Å². The van der Waals surface area contributed by atoms with Crippen molar-refractivity contribution in [1.82, 2.24) is 5.32 Å². The van der Waals surface area contributed by atoms with Gasteiger partial charge in [-0.15, -0.1) is 0 Å². The Hall–Kier alpha value is -1.19. The van der Waals surface area contributed by atoms with E-state index in [1.165, 1.54) is 0 Å². The number of hydrogen-bond donors (Lipinski definition) is 2. The molecule has 10 heteroatoms. The van der Waals surface area contributed by atoms with Crippen LogP contribution in [-0.2, 0) is 4.74 Å². The highest BCUT2D eigenvalue weighted by Gasteiger charge is 2.72. The topological polar surface area (TPSA) is 58.6 Å². The van der Waals surface area contributed by atoms with Crippen LogP contribution in [-0.4, -0.2) is 35.9 Å².